The molecular formula is C30H21O3+. The van der Waals surface area contributed by atoms with Crippen molar-refractivity contribution in [3.63, 3.8) is 0 Å². The highest BCUT2D eigenvalue weighted by Gasteiger charge is 2.24. The predicted octanol–water partition coefficient (Wildman–Crippen LogP) is 7.78. The van der Waals surface area contributed by atoms with Crippen LogP contribution in [0.15, 0.2) is 132 Å². The highest BCUT2D eigenvalue weighted by Crippen LogP contribution is 2.36. The van der Waals surface area contributed by atoms with E-state index in [9.17, 15) is 4.79 Å². The summed E-state index contributed by atoms with van der Waals surface area (Å²) < 4.78 is 12.1. The molecule has 33 heavy (non-hydrogen) atoms. The summed E-state index contributed by atoms with van der Waals surface area (Å²) in [5.41, 5.74) is 4.25. The molecule has 3 nitrogen and oxygen atoms in total. The van der Waals surface area contributed by atoms with Crippen LogP contribution in [-0.4, -0.2) is 5.97 Å². The standard InChI is InChI=1S/C30H21O3/c31-30(24-16-8-3-9-17-24)33-27-19-11-10-18-26(27)29-21-25(22-12-4-1-5-13-22)20-28(32-29)23-14-6-2-7-15-23/h1-21H/q+1. The van der Waals surface area contributed by atoms with E-state index in [1.807, 2.05) is 97.1 Å². The Morgan fingerprint density at radius 1 is 0.545 bits per heavy atom. The molecule has 1 heterocycles. The van der Waals surface area contributed by atoms with Crippen molar-refractivity contribution < 1.29 is 13.9 Å². The van der Waals surface area contributed by atoms with Crippen LogP contribution in [0.3, 0.4) is 0 Å². The van der Waals surface area contributed by atoms with Crippen molar-refractivity contribution in [1.29, 1.82) is 0 Å². The van der Waals surface area contributed by atoms with Crippen molar-refractivity contribution in [1.82, 2.24) is 0 Å². The van der Waals surface area contributed by atoms with Gasteiger partial charge in [0.05, 0.1) is 23.3 Å². The number of para-hydroxylation sites is 1. The van der Waals surface area contributed by atoms with E-state index in [0.717, 1.165) is 22.5 Å². The first kappa shape index (κ1) is 20.4. The largest absolute Gasteiger partial charge is 0.422 e. The molecule has 1 aromatic heterocycles. The first-order valence-electron chi connectivity index (χ1n) is 10.7. The van der Waals surface area contributed by atoms with E-state index in [1.165, 1.54) is 0 Å². The van der Waals surface area contributed by atoms with Gasteiger partial charge in [-0.15, -0.1) is 0 Å². The monoisotopic (exact) mass is 429 g/mol. The highest BCUT2D eigenvalue weighted by atomic mass is 16.5. The average Bonchev–Trinajstić information content (AvgIpc) is 2.90. The lowest BCUT2D eigenvalue weighted by Crippen LogP contribution is -2.08. The summed E-state index contributed by atoms with van der Waals surface area (Å²) in [6.45, 7) is 0. The van der Waals surface area contributed by atoms with Crippen LogP contribution in [0.25, 0.3) is 33.8 Å². The number of hydrogen-bond donors (Lipinski definition) is 0. The smallest absolute Gasteiger partial charge is 0.365 e. The summed E-state index contributed by atoms with van der Waals surface area (Å²) in [6.07, 6.45) is 0. The van der Waals surface area contributed by atoms with Crippen LogP contribution in [0.4, 0.5) is 0 Å². The summed E-state index contributed by atoms with van der Waals surface area (Å²) in [5.74, 6) is 1.38. The average molecular weight is 429 g/mol. The molecule has 0 fully saturated rings. The van der Waals surface area contributed by atoms with Gasteiger partial charge in [-0.05, 0) is 42.0 Å². The first-order chi connectivity index (χ1) is 16.3. The minimum Gasteiger partial charge on any atom is -0.422 e. The zero-order valence-electron chi connectivity index (χ0n) is 17.8. The quantitative estimate of drug-likeness (QED) is 0.163. The summed E-state index contributed by atoms with van der Waals surface area (Å²) in [5, 5.41) is 0. The van der Waals surface area contributed by atoms with Gasteiger partial charge in [-0.25, -0.2) is 9.21 Å². The summed E-state index contributed by atoms with van der Waals surface area (Å²) in [4.78, 5) is 12.7. The Kier molecular flexibility index (Phi) is 5.77. The molecular weight excluding hydrogens is 408 g/mol. The van der Waals surface area contributed by atoms with E-state index in [0.29, 0.717) is 22.6 Å². The maximum absolute atomic E-state index is 12.7. The number of rotatable bonds is 5. The summed E-state index contributed by atoms with van der Waals surface area (Å²) in [7, 11) is 0. The lowest BCUT2D eigenvalue weighted by atomic mass is 10.0. The van der Waals surface area contributed by atoms with Crippen molar-refractivity contribution in [3.05, 3.63) is 133 Å². The molecule has 0 N–H and O–H groups in total. The predicted molar refractivity (Wildman–Crippen MR) is 131 cm³/mol. The lowest BCUT2D eigenvalue weighted by Gasteiger charge is -2.07. The third-order valence-electron chi connectivity index (χ3n) is 5.32. The van der Waals surface area contributed by atoms with Crippen LogP contribution in [0.2, 0.25) is 0 Å². The molecule has 5 aromatic rings. The Labute approximate surface area is 192 Å². The van der Waals surface area contributed by atoms with Crippen LogP contribution in [-0.2, 0) is 0 Å². The molecule has 0 aliphatic carbocycles. The van der Waals surface area contributed by atoms with Crippen molar-refractivity contribution in [3.8, 4) is 39.5 Å². The maximum Gasteiger partial charge on any atom is 0.365 e. The molecule has 3 heteroatoms. The molecule has 0 spiro atoms. The fourth-order valence-electron chi connectivity index (χ4n) is 3.67. The second-order valence-electron chi connectivity index (χ2n) is 7.56. The van der Waals surface area contributed by atoms with E-state index in [1.54, 1.807) is 18.2 Å². The number of carbonyl (C=O) groups is 1. The van der Waals surface area contributed by atoms with Gasteiger partial charge in [0.1, 0.15) is 11.3 Å². The number of ether oxygens (including phenoxy) is 1. The molecule has 0 aliphatic rings. The fraction of sp³-hybridized carbons (Fsp3) is 0. The number of carbonyl (C=O) groups excluding carboxylic acids is 1. The van der Waals surface area contributed by atoms with Gasteiger partial charge >= 0.3 is 17.5 Å². The van der Waals surface area contributed by atoms with Gasteiger partial charge < -0.3 is 4.74 Å². The molecule has 0 radical (unpaired) electrons. The van der Waals surface area contributed by atoms with Crippen molar-refractivity contribution in [2.24, 2.45) is 0 Å². The topological polar surface area (TPSA) is 37.6 Å². The Hall–Kier alpha value is -4.50. The Bertz CT molecular complexity index is 1320. The Morgan fingerprint density at radius 3 is 1.79 bits per heavy atom. The molecule has 0 atom stereocenters. The molecule has 0 amide bonds. The van der Waals surface area contributed by atoms with Gasteiger partial charge in [-0.3, -0.25) is 0 Å². The highest BCUT2D eigenvalue weighted by molar-refractivity contribution is 5.92. The molecule has 158 valence electrons. The second-order valence-corrected chi connectivity index (χ2v) is 7.56. The van der Waals surface area contributed by atoms with Crippen LogP contribution >= 0.6 is 0 Å². The van der Waals surface area contributed by atoms with Crippen molar-refractivity contribution in [2.45, 2.75) is 0 Å². The molecule has 4 aromatic carbocycles. The third-order valence-corrected chi connectivity index (χ3v) is 5.32. The number of hydrogen-bond acceptors (Lipinski definition) is 2. The molecule has 0 aliphatic heterocycles. The minimum absolute atomic E-state index is 0.412. The zero-order chi connectivity index (χ0) is 22.5. The maximum atomic E-state index is 12.7. The molecule has 0 bridgehead atoms. The van der Waals surface area contributed by atoms with Gasteiger partial charge in [-0.2, -0.15) is 0 Å². The number of esters is 1. The van der Waals surface area contributed by atoms with Gasteiger partial charge in [0.25, 0.3) is 0 Å². The number of benzene rings is 4. The van der Waals surface area contributed by atoms with Gasteiger partial charge in [0.2, 0.25) is 0 Å². The van der Waals surface area contributed by atoms with Crippen LogP contribution in [0.5, 0.6) is 5.75 Å². The minimum atomic E-state index is -0.412. The van der Waals surface area contributed by atoms with E-state index in [2.05, 4.69) is 12.1 Å². The van der Waals surface area contributed by atoms with Crippen LogP contribution < -0.4 is 4.74 Å². The molecule has 0 unspecified atom stereocenters. The fourth-order valence-corrected chi connectivity index (χ4v) is 3.67. The SMILES string of the molecule is O=C(Oc1ccccc1-c1cc(-c2ccccc2)cc(-c2ccccc2)[o+]1)c1ccccc1. The van der Waals surface area contributed by atoms with Crippen molar-refractivity contribution >= 4 is 5.97 Å². The Balaban J connectivity index is 1.61. The van der Waals surface area contributed by atoms with Gasteiger partial charge in [0, 0.05) is 5.56 Å². The van der Waals surface area contributed by atoms with E-state index in [4.69, 9.17) is 9.15 Å². The Morgan fingerprint density at radius 2 is 1.09 bits per heavy atom. The first-order valence-corrected chi connectivity index (χ1v) is 10.7. The summed E-state index contributed by atoms with van der Waals surface area (Å²) >= 11 is 0. The normalized spacial score (nSPS) is 10.5. The van der Waals surface area contributed by atoms with Crippen molar-refractivity contribution in [2.75, 3.05) is 0 Å². The van der Waals surface area contributed by atoms with Gasteiger partial charge in [-0.1, -0.05) is 78.9 Å². The summed E-state index contributed by atoms with van der Waals surface area (Å²) in [6, 6.07) is 40.5. The molecule has 0 saturated heterocycles. The van der Waals surface area contributed by atoms with Crippen LogP contribution in [0, 0.1) is 0 Å². The van der Waals surface area contributed by atoms with Gasteiger partial charge in [0.15, 0.2) is 0 Å². The zero-order valence-corrected chi connectivity index (χ0v) is 17.8. The van der Waals surface area contributed by atoms with E-state index < -0.39 is 5.97 Å². The lowest BCUT2D eigenvalue weighted by molar-refractivity contribution is 0.0735. The molecule has 5 rings (SSSR count). The second kappa shape index (κ2) is 9.33. The molecule has 0 saturated carbocycles. The third kappa shape index (κ3) is 4.58. The van der Waals surface area contributed by atoms with E-state index >= 15 is 0 Å². The van der Waals surface area contributed by atoms with Crippen LogP contribution in [0.1, 0.15) is 10.4 Å². The van der Waals surface area contributed by atoms with E-state index in [-0.39, 0.29) is 0 Å².